The van der Waals surface area contributed by atoms with Gasteiger partial charge >= 0.3 is 0 Å². The van der Waals surface area contributed by atoms with Crippen molar-refractivity contribution in [2.45, 2.75) is 6.54 Å². The van der Waals surface area contributed by atoms with Gasteiger partial charge in [0.15, 0.2) is 6.61 Å². The Kier molecular flexibility index (Phi) is 5.83. The van der Waals surface area contributed by atoms with Crippen LogP contribution in [0.1, 0.15) is 5.56 Å². The van der Waals surface area contributed by atoms with E-state index in [0.717, 1.165) is 25.3 Å². The van der Waals surface area contributed by atoms with Crippen molar-refractivity contribution in [2.75, 3.05) is 48.0 Å². The van der Waals surface area contributed by atoms with E-state index < -0.39 is 0 Å². The highest BCUT2D eigenvalue weighted by atomic mass is 32.2. The van der Waals surface area contributed by atoms with Gasteiger partial charge in [0.25, 0.3) is 5.91 Å². The first-order chi connectivity index (χ1) is 13.7. The number of ether oxygens (including phenoxy) is 1. The third-order valence-corrected chi connectivity index (χ3v) is 5.77. The maximum atomic E-state index is 12.6. The number of carbonyl (C=O) groups excluding carboxylic acids is 2. The molecule has 0 radical (unpaired) electrons. The zero-order valence-corrected chi connectivity index (χ0v) is 16.4. The summed E-state index contributed by atoms with van der Waals surface area (Å²) in [6.07, 6.45) is 0. The van der Waals surface area contributed by atoms with Crippen LogP contribution in [-0.2, 0) is 16.1 Å². The summed E-state index contributed by atoms with van der Waals surface area (Å²) in [6.45, 7) is 3.00. The van der Waals surface area contributed by atoms with E-state index in [2.05, 4.69) is 16.3 Å². The summed E-state index contributed by atoms with van der Waals surface area (Å²) in [5, 5.41) is 2.92. The van der Waals surface area contributed by atoms with E-state index in [1.165, 1.54) is 22.0 Å². The average Bonchev–Trinajstić information content (AvgIpc) is 2.71. The molecular weight excluding hydrogens is 374 g/mol. The molecule has 28 heavy (non-hydrogen) atoms. The first-order valence-corrected chi connectivity index (χ1v) is 10.6. The number of benzene rings is 2. The van der Waals surface area contributed by atoms with Crippen LogP contribution in [0.25, 0.3) is 0 Å². The summed E-state index contributed by atoms with van der Waals surface area (Å²) < 4.78 is 5.42. The van der Waals surface area contributed by atoms with E-state index in [1.54, 1.807) is 12.1 Å². The molecule has 146 valence electrons. The summed E-state index contributed by atoms with van der Waals surface area (Å²) in [4.78, 5) is 28.7. The summed E-state index contributed by atoms with van der Waals surface area (Å²) in [5.74, 6) is 2.52. The maximum Gasteiger partial charge on any atom is 0.265 e. The van der Waals surface area contributed by atoms with Crippen molar-refractivity contribution in [3.05, 3.63) is 54.1 Å². The number of fused-ring (bicyclic) bond motifs is 1. The van der Waals surface area contributed by atoms with Crippen LogP contribution in [0.2, 0.25) is 0 Å². The van der Waals surface area contributed by atoms with Crippen molar-refractivity contribution in [2.24, 2.45) is 0 Å². The summed E-state index contributed by atoms with van der Waals surface area (Å²) in [6, 6.07) is 15.2. The minimum absolute atomic E-state index is 0.0349. The van der Waals surface area contributed by atoms with Crippen LogP contribution >= 0.6 is 11.8 Å². The number of nitrogens with zero attached hydrogens (tertiary/aromatic N) is 2. The molecule has 0 atom stereocenters. The van der Waals surface area contributed by atoms with E-state index in [9.17, 15) is 9.59 Å². The second kappa shape index (κ2) is 8.67. The molecule has 0 aromatic heterocycles. The molecule has 4 rings (SSSR count). The van der Waals surface area contributed by atoms with Gasteiger partial charge in [-0.15, -0.1) is 0 Å². The highest BCUT2D eigenvalue weighted by Gasteiger charge is 2.27. The molecule has 2 aromatic rings. The van der Waals surface area contributed by atoms with Crippen LogP contribution in [0.3, 0.4) is 0 Å². The fraction of sp³-hybridized carbons (Fsp3) is 0.333. The second-order valence-electron chi connectivity index (χ2n) is 6.87. The van der Waals surface area contributed by atoms with Crippen molar-refractivity contribution >= 4 is 35.0 Å². The van der Waals surface area contributed by atoms with Crippen molar-refractivity contribution in [1.29, 1.82) is 0 Å². The van der Waals surface area contributed by atoms with Gasteiger partial charge < -0.3 is 10.1 Å². The molecule has 2 aliphatic heterocycles. The van der Waals surface area contributed by atoms with Crippen LogP contribution < -0.4 is 15.0 Å². The number of amides is 2. The third-order valence-electron chi connectivity index (χ3n) is 4.83. The van der Waals surface area contributed by atoms with Gasteiger partial charge in [-0.2, -0.15) is 11.8 Å². The van der Waals surface area contributed by atoms with Crippen molar-refractivity contribution in [3.8, 4) is 5.75 Å². The Morgan fingerprint density at radius 2 is 1.93 bits per heavy atom. The minimum Gasteiger partial charge on any atom is -0.482 e. The molecule has 0 unspecified atom stereocenters. The van der Waals surface area contributed by atoms with Gasteiger partial charge in [-0.05, 0) is 29.8 Å². The number of hydrogen-bond acceptors (Lipinski definition) is 5. The largest absolute Gasteiger partial charge is 0.482 e. The van der Waals surface area contributed by atoms with Gasteiger partial charge in [-0.1, -0.05) is 24.3 Å². The minimum atomic E-state index is -0.225. The fourth-order valence-electron chi connectivity index (χ4n) is 3.44. The number of nitrogens with one attached hydrogen (secondary N) is 1. The Morgan fingerprint density at radius 1 is 1.11 bits per heavy atom. The van der Waals surface area contributed by atoms with Crippen LogP contribution in [0.15, 0.2) is 48.5 Å². The smallest absolute Gasteiger partial charge is 0.265 e. The average molecular weight is 398 g/mol. The third kappa shape index (κ3) is 4.48. The molecule has 2 heterocycles. The quantitative estimate of drug-likeness (QED) is 0.840. The molecule has 6 nitrogen and oxygen atoms in total. The Labute approximate surface area is 168 Å². The molecule has 2 aliphatic rings. The highest BCUT2D eigenvalue weighted by molar-refractivity contribution is 7.99. The lowest BCUT2D eigenvalue weighted by atomic mass is 10.2. The number of anilines is 2. The number of para-hydroxylation sites is 2. The molecular formula is C21H23N3O3S. The van der Waals surface area contributed by atoms with E-state index >= 15 is 0 Å². The normalized spacial score (nSPS) is 17.0. The topological polar surface area (TPSA) is 61.9 Å². The second-order valence-corrected chi connectivity index (χ2v) is 8.10. The predicted octanol–water partition coefficient (Wildman–Crippen LogP) is 2.60. The number of carbonyl (C=O) groups is 2. The molecule has 2 amide bonds. The van der Waals surface area contributed by atoms with Gasteiger partial charge in [0, 0.05) is 36.8 Å². The summed E-state index contributed by atoms with van der Waals surface area (Å²) >= 11 is 1.99. The van der Waals surface area contributed by atoms with Crippen LogP contribution in [0, 0.1) is 0 Å². The van der Waals surface area contributed by atoms with E-state index in [4.69, 9.17) is 4.74 Å². The van der Waals surface area contributed by atoms with Gasteiger partial charge in [-0.25, -0.2) is 0 Å². The van der Waals surface area contributed by atoms with Crippen molar-refractivity contribution < 1.29 is 14.3 Å². The van der Waals surface area contributed by atoms with Gasteiger partial charge in [-0.3, -0.25) is 19.4 Å². The number of thioether (sulfide) groups is 1. The Balaban J connectivity index is 1.40. The zero-order valence-electron chi connectivity index (χ0n) is 15.6. The van der Waals surface area contributed by atoms with Crippen LogP contribution in [0.5, 0.6) is 5.75 Å². The number of hydrogen-bond donors (Lipinski definition) is 1. The molecule has 1 fully saturated rings. The van der Waals surface area contributed by atoms with Crippen molar-refractivity contribution in [1.82, 2.24) is 4.90 Å². The van der Waals surface area contributed by atoms with Crippen molar-refractivity contribution in [3.63, 3.8) is 0 Å². The van der Waals surface area contributed by atoms with Gasteiger partial charge in [0.2, 0.25) is 5.91 Å². The summed E-state index contributed by atoms with van der Waals surface area (Å²) in [5.41, 5.74) is 2.56. The molecule has 1 saturated heterocycles. The predicted molar refractivity (Wildman–Crippen MR) is 112 cm³/mol. The highest BCUT2D eigenvalue weighted by Crippen LogP contribution is 2.31. The monoisotopic (exact) mass is 397 g/mol. The molecule has 2 aromatic carbocycles. The summed E-state index contributed by atoms with van der Waals surface area (Å²) in [7, 11) is 0. The molecule has 7 heteroatoms. The zero-order chi connectivity index (χ0) is 19.3. The van der Waals surface area contributed by atoms with Crippen LogP contribution in [0.4, 0.5) is 11.4 Å². The van der Waals surface area contributed by atoms with E-state index in [1.807, 2.05) is 42.1 Å². The maximum absolute atomic E-state index is 12.6. The van der Waals surface area contributed by atoms with Gasteiger partial charge in [0.05, 0.1) is 5.69 Å². The first kappa shape index (κ1) is 18.8. The fourth-order valence-corrected chi connectivity index (χ4v) is 4.42. The Bertz CT molecular complexity index is 867. The first-order valence-electron chi connectivity index (χ1n) is 9.40. The lowest BCUT2D eigenvalue weighted by Crippen LogP contribution is -2.43. The van der Waals surface area contributed by atoms with E-state index in [-0.39, 0.29) is 25.0 Å². The molecule has 0 bridgehead atoms. The number of rotatable bonds is 5. The van der Waals surface area contributed by atoms with Crippen LogP contribution in [-0.4, -0.2) is 54.5 Å². The Hall–Kier alpha value is -2.51. The standard InChI is InChI=1S/C21H23N3O3S/c25-20(14-24-18-6-1-2-7-19(18)27-15-21(24)26)22-17-5-3-4-16(12-17)13-23-8-10-28-11-9-23/h1-7,12H,8-11,13-15H2,(H,22,25). The van der Waals surface area contributed by atoms with Gasteiger partial charge in [0.1, 0.15) is 12.3 Å². The molecule has 0 aliphatic carbocycles. The molecule has 1 N–H and O–H groups in total. The lowest BCUT2D eigenvalue weighted by Gasteiger charge is -2.28. The molecule has 0 spiro atoms. The SMILES string of the molecule is O=C(CN1C(=O)COc2ccccc21)Nc1cccc(CN2CCSCC2)c1. The van der Waals surface area contributed by atoms with E-state index in [0.29, 0.717) is 11.4 Å². The Morgan fingerprint density at radius 3 is 2.79 bits per heavy atom. The molecule has 0 saturated carbocycles. The lowest BCUT2D eigenvalue weighted by molar-refractivity contribution is -0.123.